The number of nitrogens with one attached hydrogen (secondary N) is 2. The van der Waals surface area contributed by atoms with Crippen LogP contribution < -0.4 is 20.1 Å². The number of urea groups is 1. The van der Waals surface area contributed by atoms with Gasteiger partial charge in [-0.2, -0.15) is 0 Å². The fourth-order valence-corrected chi connectivity index (χ4v) is 3.67. The lowest BCUT2D eigenvalue weighted by Crippen LogP contribution is -2.32. The van der Waals surface area contributed by atoms with Gasteiger partial charge in [0.1, 0.15) is 6.04 Å². The fourth-order valence-electron chi connectivity index (χ4n) is 3.67. The van der Waals surface area contributed by atoms with Crippen LogP contribution in [0.2, 0.25) is 0 Å². The summed E-state index contributed by atoms with van der Waals surface area (Å²) in [6.07, 6.45) is 2.19. The van der Waals surface area contributed by atoms with Crippen molar-refractivity contribution >= 4 is 17.8 Å². The molecule has 8 nitrogen and oxygen atoms in total. The third-order valence-corrected chi connectivity index (χ3v) is 5.35. The van der Waals surface area contributed by atoms with E-state index in [1.807, 2.05) is 18.2 Å². The van der Waals surface area contributed by atoms with E-state index in [4.69, 9.17) is 9.47 Å². The van der Waals surface area contributed by atoms with E-state index in [-0.39, 0.29) is 38.0 Å². The summed E-state index contributed by atoms with van der Waals surface area (Å²) in [5, 5.41) is 5.55. The highest BCUT2D eigenvalue weighted by Gasteiger charge is 2.38. The van der Waals surface area contributed by atoms with Crippen LogP contribution in [0.3, 0.4) is 0 Å². The standard InChI is InChI=1S/C23H25N3O5/c27-21(24-12-4-7-16-5-2-1-3-6-16)11-9-18-22(28)26(23(29)25-18)14-17-8-10-19-20(13-17)31-15-30-19/h1-3,5-6,8,10,13,18H,4,7,9,11-12,14-15H2,(H,24,27)(H,25,29)/t18-/m1/s1. The van der Waals surface area contributed by atoms with E-state index in [2.05, 4.69) is 22.8 Å². The van der Waals surface area contributed by atoms with Gasteiger partial charge in [0.25, 0.3) is 5.91 Å². The molecule has 162 valence electrons. The Balaban J connectivity index is 1.20. The molecule has 4 amide bonds. The van der Waals surface area contributed by atoms with Crippen LogP contribution in [0.4, 0.5) is 4.79 Å². The van der Waals surface area contributed by atoms with Gasteiger partial charge in [-0.3, -0.25) is 14.5 Å². The van der Waals surface area contributed by atoms with Gasteiger partial charge in [-0.25, -0.2) is 4.79 Å². The molecule has 0 unspecified atom stereocenters. The molecule has 2 N–H and O–H groups in total. The van der Waals surface area contributed by atoms with Crippen LogP contribution >= 0.6 is 0 Å². The van der Waals surface area contributed by atoms with E-state index in [0.717, 1.165) is 18.4 Å². The van der Waals surface area contributed by atoms with Crippen LogP contribution in [0.25, 0.3) is 0 Å². The number of carbonyl (C=O) groups excluding carboxylic acids is 3. The zero-order valence-corrected chi connectivity index (χ0v) is 17.1. The Morgan fingerprint density at radius 3 is 2.71 bits per heavy atom. The van der Waals surface area contributed by atoms with Gasteiger partial charge in [0.2, 0.25) is 12.7 Å². The van der Waals surface area contributed by atoms with Gasteiger partial charge in [0.05, 0.1) is 6.54 Å². The summed E-state index contributed by atoms with van der Waals surface area (Å²) < 4.78 is 10.6. The maximum atomic E-state index is 12.6. The number of aryl methyl sites for hydroxylation is 1. The first-order valence-corrected chi connectivity index (χ1v) is 10.4. The van der Waals surface area contributed by atoms with Crippen LogP contribution in [0, 0.1) is 0 Å². The molecule has 1 saturated heterocycles. The van der Waals surface area contributed by atoms with Crippen LogP contribution in [0.5, 0.6) is 11.5 Å². The second-order valence-corrected chi connectivity index (χ2v) is 7.59. The molecule has 2 aliphatic heterocycles. The SMILES string of the molecule is O=C(CC[C@H]1NC(=O)N(Cc2ccc3c(c2)OCO3)C1=O)NCCCc1ccccc1. The molecule has 4 rings (SSSR count). The van der Waals surface area contributed by atoms with Gasteiger partial charge in [-0.1, -0.05) is 36.4 Å². The molecule has 2 aromatic carbocycles. The lowest BCUT2D eigenvalue weighted by molar-refractivity contribution is -0.128. The van der Waals surface area contributed by atoms with E-state index in [9.17, 15) is 14.4 Å². The number of carbonyl (C=O) groups is 3. The highest BCUT2D eigenvalue weighted by Crippen LogP contribution is 2.33. The van der Waals surface area contributed by atoms with Gasteiger partial charge >= 0.3 is 6.03 Å². The Labute approximate surface area is 180 Å². The van der Waals surface area contributed by atoms with Gasteiger partial charge in [0.15, 0.2) is 11.5 Å². The van der Waals surface area contributed by atoms with Crippen molar-refractivity contribution in [3.63, 3.8) is 0 Å². The fraction of sp³-hybridized carbons (Fsp3) is 0.348. The number of fused-ring (bicyclic) bond motifs is 1. The Kier molecular flexibility index (Phi) is 6.35. The first kappa shape index (κ1) is 20.7. The lowest BCUT2D eigenvalue weighted by Gasteiger charge is -2.13. The molecule has 2 aromatic rings. The second kappa shape index (κ2) is 9.51. The number of hydrogen-bond donors (Lipinski definition) is 2. The average Bonchev–Trinajstić information content (AvgIpc) is 3.35. The van der Waals surface area contributed by atoms with E-state index >= 15 is 0 Å². The Bertz CT molecular complexity index is 963. The van der Waals surface area contributed by atoms with Crippen LogP contribution in [-0.2, 0) is 22.6 Å². The second-order valence-electron chi connectivity index (χ2n) is 7.59. The van der Waals surface area contributed by atoms with Gasteiger partial charge in [-0.05, 0) is 42.5 Å². The molecule has 31 heavy (non-hydrogen) atoms. The van der Waals surface area contributed by atoms with E-state index in [0.29, 0.717) is 18.0 Å². The largest absolute Gasteiger partial charge is 0.454 e. The molecule has 2 aliphatic rings. The lowest BCUT2D eigenvalue weighted by atomic mass is 10.1. The molecule has 0 saturated carbocycles. The Hall–Kier alpha value is -3.55. The molecule has 0 aromatic heterocycles. The molecule has 1 fully saturated rings. The quantitative estimate of drug-likeness (QED) is 0.477. The molecule has 1 atom stereocenters. The smallest absolute Gasteiger partial charge is 0.325 e. The van der Waals surface area contributed by atoms with Crippen molar-refractivity contribution < 1.29 is 23.9 Å². The molecule has 2 heterocycles. The van der Waals surface area contributed by atoms with Crippen molar-refractivity contribution in [1.82, 2.24) is 15.5 Å². The summed E-state index contributed by atoms with van der Waals surface area (Å²) in [5.41, 5.74) is 2.00. The molecule has 0 aliphatic carbocycles. The number of imide groups is 1. The van der Waals surface area contributed by atoms with E-state index in [1.165, 1.54) is 10.5 Å². The van der Waals surface area contributed by atoms with Crippen molar-refractivity contribution in [3.05, 3.63) is 59.7 Å². The third kappa shape index (κ3) is 5.14. The summed E-state index contributed by atoms with van der Waals surface area (Å²) in [6.45, 7) is 0.886. The van der Waals surface area contributed by atoms with Gasteiger partial charge in [0, 0.05) is 13.0 Å². The number of rotatable bonds is 9. The van der Waals surface area contributed by atoms with Crippen molar-refractivity contribution in [2.45, 2.75) is 38.3 Å². The summed E-state index contributed by atoms with van der Waals surface area (Å²) >= 11 is 0. The van der Waals surface area contributed by atoms with E-state index < -0.39 is 12.1 Å². The summed E-state index contributed by atoms with van der Waals surface area (Å²) in [7, 11) is 0. The predicted octanol–water partition coefficient (Wildman–Crippen LogP) is 2.36. The summed E-state index contributed by atoms with van der Waals surface area (Å²) in [5.74, 6) is 0.808. The van der Waals surface area contributed by atoms with E-state index in [1.54, 1.807) is 18.2 Å². The predicted molar refractivity (Wildman–Crippen MR) is 112 cm³/mol. The highest BCUT2D eigenvalue weighted by molar-refractivity contribution is 6.04. The third-order valence-electron chi connectivity index (χ3n) is 5.35. The van der Waals surface area contributed by atoms with Gasteiger partial charge in [-0.15, -0.1) is 0 Å². The van der Waals surface area contributed by atoms with Crippen LogP contribution in [0.1, 0.15) is 30.4 Å². The number of hydrogen-bond acceptors (Lipinski definition) is 5. The topological polar surface area (TPSA) is 97.0 Å². The Morgan fingerprint density at radius 2 is 1.87 bits per heavy atom. The minimum atomic E-state index is -0.684. The van der Waals surface area contributed by atoms with Crippen molar-refractivity contribution in [2.75, 3.05) is 13.3 Å². The molecule has 0 spiro atoms. The molecular weight excluding hydrogens is 398 g/mol. The monoisotopic (exact) mass is 423 g/mol. The van der Waals surface area contributed by atoms with Crippen molar-refractivity contribution in [1.29, 1.82) is 0 Å². The normalized spacial score (nSPS) is 17.0. The highest BCUT2D eigenvalue weighted by atomic mass is 16.7. The maximum Gasteiger partial charge on any atom is 0.325 e. The van der Waals surface area contributed by atoms with Crippen LogP contribution in [0.15, 0.2) is 48.5 Å². The Morgan fingerprint density at radius 1 is 1.06 bits per heavy atom. The average molecular weight is 423 g/mol. The van der Waals surface area contributed by atoms with Crippen molar-refractivity contribution in [3.8, 4) is 11.5 Å². The molecule has 8 heteroatoms. The first-order valence-electron chi connectivity index (χ1n) is 10.4. The summed E-state index contributed by atoms with van der Waals surface area (Å²) in [4.78, 5) is 38.2. The minimum absolute atomic E-state index is 0.121. The number of nitrogens with zero attached hydrogens (tertiary/aromatic N) is 1. The minimum Gasteiger partial charge on any atom is -0.454 e. The van der Waals surface area contributed by atoms with Crippen LogP contribution in [-0.4, -0.2) is 42.1 Å². The zero-order chi connectivity index (χ0) is 21.6. The number of amides is 4. The number of benzene rings is 2. The maximum absolute atomic E-state index is 12.6. The zero-order valence-electron chi connectivity index (χ0n) is 17.1. The molecule has 0 radical (unpaired) electrons. The van der Waals surface area contributed by atoms with Crippen molar-refractivity contribution in [2.24, 2.45) is 0 Å². The van der Waals surface area contributed by atoms with Gasteiger partial charge < -0.3 is 20.1 Å². The summed E-state index contributed by atoms with van der Waals surface area (Å²) in [6, 6.07) is 14.3. The first-order chi connectivity index (χ1) is 15.1. The molecular formula is C23H25N3O5. The number of ether oxygens (including phenoxy) is 2. The molecule has 0 bridgehead atoms.